The second-order valence-electron chi connectivity index (χ2n) is 7.12. The molecule has 0 saturated heterocycles. The highest BCUT2D eigenvalue weighted by molar-refractivity contribution is 9.10. The summed E-state index contributed by atoms with van der Waals surface area (Å²) in [5.74, 6) is 1.00. The van der Waals surface area contributed by atoms with Crippen LogP contribution in [0.3, 0.4) is 0 Å². The van der Waals surface area contributed by atoms with Crippen molar-refractivity contribution in [3.8, 4) is 5.75 Å². The van der Waals surface area contributed by atoms with Gasteiger partial charge in [-0.1, -0.05) is 15.9 Å². The highest BCUT2D eigenvalue weighted by atomic mass is 79.9. The number of carbonyl (C=O) groups excluding carboxylic acids is 1. The molecule has 26 heavy (non-hydrogen) atoms. The standard InChI is InChI=1S/C19H22BrN3O2S/c1-11-6-18-17(7-16(11)20)22(8-12(2)25-18)9-14-10-26-19(21-14)23(13(3)24)15-4-5-15/h6-7,10,12,15H,4-5,8-9H2,1-3H3/t12-/m0/s1. The summed E-state index contributed by atoms with van der Waals surface area (Å²) < 4.78 is 7.10. The zero-order valence-electron chi connectivity index (χ0n) is 15.2. The van der Waals surface area contributed by atoms with Crippen molar-refractivity contribution in [2.24, 2.45) is 0 Å². The van der Waals surface area contributed by atoms with Crippen molar-refractivity contribution in [3.05, 3.63) is 33.2 Å². The van der Waals surface area contributed by atoms with Crippen LogP contribution in [-0.2, 0) is 11.3 Å². The first-order chi connectivity index (χ1) is 12.4. The van der Waals surface area contributed by atoms with Crippen molar-refractivity contribution >= 4 is 44.0 Å². The number of benzene rings is 1. The molecule has 1 aliphatic heterocycles. The van der Waals surface area contributed by atoms with Crippen molar-refractivity contribution in [2.45, 2.75) is 52.3 Å². The van der Waals surface area contributed by atoms with Crippen molar-refractivity contribution in [1.82, 2.24) is 4.98 Å². The van der Waals surface area contributed by atoms with Crippen molar-refractivity contribution in [3.63, 3.8) is 0 Å². The molecule has 1 aromatic heterocycles. The third kappa shape index (κ3) is 3.47. The van der Waals surface area contributed by atoms with Gasteiger partial charge in [-0.3, -0.25) is 9.69 Å². The lowest BCUT2D eigenvalue weighted by atomic mass is 10.1. The largest absolute Gasteiger partial charge is 0.487 e. The normalized spacial score (nSPS) is 19.1. The second kappa shape index (κ2) is 6.85. The quantitative estimate of drug-likeness (QED) is 0.707. The third-order valence-electron chi connectivity index (χ3n) is 4.74. The maximum Gasteiger partial charge on any atom is 0.225 e. The van der Waals surface area contributed by atoms with E-state index in [9.17, 15) is 4.79 Å². The van der Waals surface area contributed by atoms with Crippen LogP contribution < -0.4 is 14.5 Å². The SMILES string of the molecule is CC(=O)N(c1nc(CN2C[C@H](C)Oc3cc(C)c(Br)cc32)cs1)C1CC1. The van der Waals surface area contributed by atoms with Gasteiger partial charge in [0.1, 0.15) is 11.9 Å². The minimum Gasteiger partial charge on any atom is -0.487 e. The van der Waals surface area contributed by atoms with Crippen LogP contribution in [0.4, 0.5) is 10.8 Å². The molecule has 0 radical (unpaired) electrons. The Hall–Kier alpha value is -1.60. The maximum absolute atomic E-state index is 12.0. The monoisotopic (exact) mass is 435 g/mol. The molecule has 0 unspecified atom stereocenters. The summed E-state index contributed by atoms with van der Waals surface area (Å²) in [7, 11) is 0. The van der Waals surface area contributed by atoms with Gasteiger partial charge in [-0.25, -0.2) is 4.98 Å². The number of aromatic nitrogens is 1. The van der Waals surface area contributed by atoms with E-state index in [0.717, 1.165) is 51.7 Å². The van der Waals surface area contributed by atoms with E-state index in [1.54, 1.807) is 18.3 Å². The first kappa shape index (κ1) is 17.8. The Morgan fingerprint density at radius 1 is 1.46 bits per heavy atom. The van der Waals surface area contributed by atoms with E-state index < -0.39 is 0 Å². The number of hydrogen-bond donors (Lipinski definition) is 0. The van der Waals surface area contributed by atoms with E-state index in [4.69, 9.17) is 9.72 Å². The Bertz CT molecular complexity index is 849. The van der Waals surface area contributed by atoms with Crippen LogP contribution in [0.15, 0.2) is 22.0 Å². The number of amides is 1. The van der Waals surface area contributed by atoms with E-state index in [0.29, 0.717) is 12.6 Å². The number of nitrogens with zero attached hydrogens (tertiary/aromatic N) is 3. The number of halogens is 1. The van der Waals surface area contributed by atoms with Gasteiger partial charge in [0.2, 0.25) is 5.91 Å². The molecule has 0 N–H and O–H groups in total. The number of ether oxygens (including phenoxy) is 1. The predicted octanol–water partition coefficient (Wildman–Crippen LogP) is 4.52. The fraction of sp³-hybridized carbons (Fsp3) is 0.474. The molecule has 0 bridgehead atoms. The highest BCUT2D eigenvalue weighted by Crippen LogP contribution is 2.39. The average molecular weight is 436 g/mol. The zero-order chi connectivity index (χ0) is 18.4. The lowest BCUT2D eigenvalue weighted by molar-refractivity contribution is -0.116. The molecule has 1 saturated carbocycles. The summed E-state index contributed by atoms with van der Waals surface area (Å²) in [6.07, 6.45) is 2.29. The maximum atomic E-state index is 12.0. The van der Waals surface area contributed by atoms with Gasteiger partial charge in [-0.05, 0) is 44.4 Å². The molecule has 1 atom stereocenters. The Labute approximate surface area is 166 Å². The minimum absolute atomic E-state index is 0.0816. The predicted molar refractivity (Wildman–Crippen MR) is 108 cm³/mol. The molecular formula is C19H22BrN3O2S. The Morgan fingerprint density at radius 2 is 2.23 bits per heavy atom. The number of thiazole rings is 1. The van der Waals surface area contributed by atoms with Crippen LogP contribution in [0, 0.1) is 6.92 Å². The minimum atomic E-state index is 0.0816. The number of anilines is 2. The second-order valence-corrected chi connectivity index (χ2v) is 8.81. The topological polar surface area (TPSA) is 45.7 Å². The van der Waals surface area contributed by atoms with Crippen LogP contribution in [0.5, 0.6) is 5.75 Å². The number of carbonyl (C=O) groups is 1. The number of rotatable bonds is 4. The summed E-state index contributed by atoms with van der Waals surface area (Å²) >= 11 is 5.18. The number of hydrogen-bond acceptors (Lipinski definition) is 5. The lowest BCUT2D eigenvalue weighted by Gasteiger charge is -2.35. The van der Waals surface area contributed by atoms with E-state index in [-0.39, 0.29) is 12.0 Å². The van der Waals surface area contributed by atoms with Crippen LogP contribution in [-0.4, -0.2) is 29.6 Å². The van der Waals surface area contributed by atoms with Gasteiger partial charge in [0.15, 0.2) is 5.13 Å². The molecule has 2 heterocycles. The third-order valence-corrected chi connectivity index (χ3v) is 6.48. The van der Waals surface area contributed by atoms with E-state index in [1.165, 1.54) is 0 Å². The zero-order valence-corrected chi connectivity index (χ0v) is 17.6. The Balaban J connectivity index is 1.58. The van der Waals surface area contributed by atoms with Crippen molar-refractivity contribution < 1.29 is 9.53 Å². The summed E-state index contributed by atoms with van der Waals surface area (Å²) in [6.45, 7) is 7.30. The van der Waals surface area contributed by atoms with E-state index in [2.05, 4.69) is 52.2 Å². The first-order valence-electron chi connectivity index (χ1n) is 8.88. The number of aryl methyl sites for hydroxylation is 1. The van der Waals surface area contributed by atoms with Gasteiger partial charge in [0, 0.05) is 22.8 Å². The number of fused-ring (bicyclic) bond motifs is 1. The van der Waals surface area contributed by atoms with Crippen molar-refractivity contribution in [2.75, 3.05) is 16.3 Å². The molecular weight excluding hydrogens is 414 g/mol. The molecule has 0 spiro atoms. The molecule has 7 heteroatoms. The summed E-state index contributed by atoms with van der Waals surface area (Å²) in [5, 5.41) is 2.89. The summed E-state index contributed by atoms with van der Waals surface area (Å²) in [4.78, 5) is 20.9. The van der Waals surface area contributed by atoms with Gasteiger partial charge in [0.25, 0.3) is 0 Å². The molecule has 2 aromatic rings. The van der Waals surface area contributed by atoms with Gasteiger partial charge in [0.05, 0.1) is 24.5 Å². The smallest absolute Gasteiger partial charge is 0.225 e. The molecule has 1 amide bonds. The molecule has 2 aliphatic rings. The van der Waals surface area contributed by atoms with Gasteiger partial charge >= 0.3 is 0 Å². The van der Waals surface area contributed by atoms with Crippen LogP contribution in [0.25, 0.3) is 0 Å². The summed E-state index contributed by atoms with van der Waals surface area (Å²) in [5.41, 5.74) is 3.24. The fourth-order valence-corrected chi connectivity index (χ4v) is 4.62. The van der Waals surface area contributed by atoms with Crippen molar-refractivity contribution in [1.29, 1.82) is 0 Å². The van der Waals surface area contributed by atoms with Gasteiger partial charge in [-0.2, -0.15) is 0 Å². The molecule has 1 aromatic carbocycles. The molecule has 4 rings (SSSR count). The molecule has 1 fully saturated rings. The van der Waals surface area contributed by atoms with Gasteiger partial charge in [-0.15, -0.1) is 11.3 Å². The molecule has 138 valence electrons. The lowest BCUT2D eigenvalue weighted by Crippen LogP contribution is -2.38. The van der Waals surface area contributed by atoms with Crippen LogP contribution in [0.2, 0.25) is 0 Å². The highest BCUT2D eigenvalue weighted by Gasteiger charge is 2.34. The van der Waals surface area contributed by atoms with Crippen LogP contribution in [0.1, 0.15) is 37.9 Å². The van der Waals surface area contributed by atoms with E-state index >= 15 is 0 Å². The molecule has 5 nitrogen and oxygen atoms in total. The average Bonchev–Trinajstić information content (AvgIpc) is 3.28. The first-order valence-corrected chi connectivity index (χ1v) is 10.6. The fourth-order valence-electron chi connectivity index (χ4n) is 3.35. The van der Waals surface area contributed by atoms with Crippen LogP contribution >= 0.6 is 27.3 Å². The Kier molecular flexibility index (Phi) is 4.69. The Morgan fingerprint density at radius 3 is 2.92 bits per heavy atom. The summed E-state index contributed by atoms with van der Waals surface area (Å²) in [6, 6.07) is 4.55. The van der Waals surface area contributed by atoms with E-state index in [1.807, 2.05) is 4.90 Å². The van der Waals surface area contributed by atoms with Gasteiger partial charge < -0.3 is 9.64 Å². The molecule has 1 aliphatic carbocycles.